The van der Waals surface area contributed by atoms with Gasteiger partial charge in [0.25, 0.3) is 0 Å². The summed E-state index contributed by atoms with van der Waals surface area (Å²) in [7, 11) is 0. The average Bonchev–Trinajstić information content (AvgIpc) is 2.68. The number of hydrogen-bond acceptors (Lipinski definition) is 2. The van der Waals surface area contributed by atoms with Gasteiger partial charge in [-0.2, -0.15) is 0 Å². The molecule has 2 aliphatic rings. The predicted molar refractivity (Wildman–Crippen MR) is 91.5 cm³/mol. The molecule has 2 fully saturated rings. The van der Waals surface area contributed by atoms with E-state index in [1.807, 2.05) is 0 Å². The molecule has 0 aromatic heterocycles. The molecule has 2 rings (SSSR count). The van der Waals surface area contributed by atoms with Crippen molar-refractivity contribution >= 4 is 33.9 Å². The topological polar surface area (TPSA) is 40.6 Å². The molecule has 0 saturated carbocycles. The van der Waals surface area contributed by atoms with Crippen LogP contribution in [0.5, 0.6) is 0 Å². The van der Waals surface area contributed by atoms with Gasteiger partial charge in [0.2, 0.25) is 0 Å². The number of rotatable bonds is 0. The number of likely N-dealkylation sites (tertiary alicyclic amines) is 2. The maximum atomic E-state index is 10.9. The lowest BCUT2D eigenvalue weighted by Crippen LogP contribution is -2.27. The zero-order valence-electron chi connectivity index (χ0n) is 14.0. The number of hydrogen-bond donors (Lipinski definition) is 0. The molecule has 0 unspecified atom stereocenters. The van der Waals surface area contributed by atoms with Crippen LogP contribution in [0, 0.1) is 23.7 Å². The molecule has 0 radical (unpaired) electrons. The standard InChI is InChI=1S/C9H16ClNO.C7H12ClNO/c1-7-3-5-11(9(10)12)6-4-8(7)2;1-5-3-9(7(8)10)4-6(5)2/h7-8H,3-6H2,1-2H3;5-6H,3-4H2,1-2H3/t7-,8-;5-,6-/m11/s1. The Hall–Kier alpha value is -0.480. The first-order chi connectivity index (χ1) is 10.2. The lowest BCUT2D eigenvalue weighted by Gasteiger charge is -2.15. The number of carbonyl (C=O) groups is 2. The maximum Gasteiger partial charge on any atom is 0.316 e. The second-order valence-corrected chi connectivity index (χ2v) is 7.53. The fraction of sp³-hybridized carbons (Fsp3) is 0.875. The molecular formula is C16H28Cl2N2O2. The normalized spacial score (nSPS) is 32.1. The molecule has 22 heavy (non-hydrogen) atoms. The van der Waals surface area contributed by atoms with Crippen LogP contribution in [0.2, 0.25) is 0 Å². The molecule has 4 atom stereocenters. The van der Waals surface area contributed by atoms with Crippen molar-refractivity contribution in [2.45, 2.75) is 40.5 Å². The van der Waals surface area contributed by atoms with Gasteiger partial charge in [0, 0.05) is 26.2 Å². The third-order valence-electron chi connectivity index (χ3n) is 5.17. The molecule has 2 aliphatic heterocycles. The van der Waals surface area contributed by atoms with Gasteiger partial charge < -0.3 is 9.80 Å². The highest BCUT2D eigenvalue weighted by Crippen LogP contribution is 2.24. The van der Waals surface area contributed by atoms with Gasteiger partial charge in [0.1, 0.15) is 0 Å². The van der Waals surface area contributed by atoms with Crippen molar-refractivity contribution in [3.05, 3.63) is 0 Å². The molecule has 4 nitrogen and oxygen atoms in total. The lowest BCUT2D eigenvalue weighted by molar-refractivity contribution is 0.223. The van der Waals surface area contributed by atoms with Crippen LogP contribution in [-0.2, 0) is 0 Å². The van der Waals surface area contributed by atoms with Crippen molar-refractivity contribution in [2.75, 3.05) is 26.2 Å². The van der Waals surface area contributed by atoms with Gasteiger partial charge in [0.15, 0.2) is 0 Å². The summed E-state index contributed by atoms with van der Waals surface area (Å²) >= 11 is 10.7. The molecule has 0 bridgehead atoms. The third-order valence-corrected chi connectivity index (χ3v) is 5.64. The van der Waals surface area contributed by atoms with E-state index in [9.17, 15) is 9.59 Å². The van der Waals surface area contributed by atoms with Gasteiger partial charge in [-0.05, 0) is 59.7 Å². The summed E-state index contributed by atoms with van der Waals surface area (Å²) in [6.07, 6.45) is 2.17. The highest BCUT2D eigenvalue weighted by atomic mass is 35.5. The van der Waals surface area contributed by atoms with E-state index in [1.54, 1.807) is 9.80 Å². The summed E-state index contributed by atoms with van der Waals surface area (Å²) in [5.41, 5.74) is 0. The Morgan fingerprint density at radius 1 is 0.727 bits per heavy atom. The van der Waals surface area contributed by atoms with Gasteiger partial charge in [-0.1, -0.05) is 27.7 Å². The quantitative estimate of drug-likeness (QED) is 0.471. The second-order valence-electron chi connectivity index (χ2n) is 6.88. The summed E-state index contributed by atoms with van der Waals surface area (Å²) in [5, 5.41) is -0.604. The van der Waals surface area contributed by atoms with Crippen LogP contribution in [0.3, 0.4) is 0 Å². The van der Waals surface area contributed by atoms with Crippen LogP contribution in [0.15, 0.2) is 0 Å². The van der Waals surface area contributed by atoms with Gasteiger partial charge in [-0.25, -0.2) is 0 Å². The van der Waals surface area contributed by atoms with E-state index in [0.717, 1.165) is 39.0 Å². The van der Waals surface area contributed by atoms with Crippen molar-refractivity contribution in [2.24, 2.45) is 23.7 Å². The second kappa shape index (κ2) is 8.97. The Morgan fingerprint density at radius 2 is 1.09 bits per heavy atom. The molecule has 0 spiro atoms. The van der Waals surface area contributed by atoms with E-state index in [0.29, 0.717) is 23.7 Å². The minimum absolute atomic E-state index is 0.295. The molecule has 0 N–H and O–H groups in total. The van der Waals surface area contributed by atoms with E-state index in [2.05, 4.69) is 27.7 Å². The minimum atomic E-state index is -0.309. The van der Waals surface area contributed by atoms with Crippen molar-refractivity contribution in [3.8, 4) is 0 Å². The Morgan fingerprint density at radius 3 is 1.36 bits per heavy atom. The van der Waals surface area contributed by atoms with E-state index >= 15 is 0 Å². The molecule has 2 heterocycles. The predicted octanol–water partition coefficient (Wildman–Crippen LogP) is 4.65. The van der Waals surface area contributed by atoms with Crippen LogP contribution in [0.25, 0.3) is 0 Å². The van der Waals surface area contributed by atoms with Crippen molar-refractivity contribution in [1.29, 1.82) is 0 Å². The van der Waals surface area contributed by atoms with E-state index < -0.39 is 0 Å². The average molecular weight is 351 g/mol. The number of amides is 2. The van der Waals surface area contributed by atoms with E-state index in [4.69, 9.17) is 23.2 Å². The summed E-state index contributed by atoms with van der Waals surface area (Å²) in [4.78, 5) is 24.9. The first-order valence-electron chi connectivity index (χ1n) is 8.11. The smallest absolute Gasteiger partial charge is 0.316 e. The van der Waals surface area contributed by atoms with Crippen LogP contribution < -0.4 is 0 Å². The fourth-order valence-electron chi connectivity index (χ4n) is 2.85. The molecule has 2 amide bonds. The highest BCUT2D eigenvalue weighted by molar-refractivity contribution is 6.63. The van der Waals surface area contributed by atoms with Gasteiger partial charge >= 0.3 is 10.7 Å². The monoisotopic (exact) mass is 350 g/mol. The third kappa shape index (κ3) is 5.96. The lowest BCUT2D eigenvalue weighted by atomic mass is 9.92. The maximum absolute atomic E-state index is 10.9. The molecule has 0 aromatic rings. The summed E-state index contributed by atoms with van der Waals surface area (Å²) in [5.74, 6) is 2.63. The molecule has 6 heteroatoms. The molecular weight excluding hydrogens is 323 g/mol. The molecule has 0 aliphatic carbocycles. The Bertz CT molecular complexity index is 370. The minimum Gasteiger partial charge on any atom is -0.329 e. The van der Waals surface area contributed by atoms with E-state index in [-0.39, 0.29) is 10.7 Å². The van der Waals surface area contributed by atoms with Gasteiger partial charge in [-0.3, -0.25) is 9.59 Å². The van der Waals surface area contributed by atoms with Gasteiger partial charge in [0.05, 0.1) is 0 Å². The van der Waals surface area contributed by atoms with Crippen LogP contribution in [0.4, 0.5) is 9.59 Å². The number of halogens is 2. The van der Waals surface area contributed by atoms with Crippen molar-refractivity contribution < 1.29 is 9.59 Å². The zero-order valence-corrected chi connectivity index (χ0v) is 15.5. The highest BCUT2D eigenvalue weighted by Gasteiger charge is 2.28. The fourth-order valence-corrected chi connectivity index (χ4v) is 3.16. The Kier molecular flexibility index (Phi) is 7.98. The summed E-state index contributed by atoms with van der Waals surface area (Å²) in [6.45, 7) is 12.1. The van der Waals surface area contributed by atoms with Gasteiger partial charge in [-0.15, -0.1) is 0 Å². The molecule has 128 valence electrons. The zero-order chi connectivity index (χ0) is 16.9. The first-order valence-corrected chi connectivity index (χ1v) is 8.86. The molecule has 2 saturated heterocycles. The first kappa shape index (κ1) is 19.6. The SMILES string of the molecule is C[C@@H]1CCN(C(=O)Cl)CC[C@H]1C.C[C@@H]1CN(C(=O)Cl)C[C@H]1C. The molecule has 0 aromatic carbocycles. The van der Waals surface area contributed by atoms with E-state index in [1.165, 1.54) is 0 Å². The van der Waals surface area contributed by atoms with Crippen molar-refractivity contribution in [3.63, 3.8) is 0 Å². The summed E-state index contributed by atoms with van der Waals surface area (Å²) < 4.78 is 0. The largest absolute Gasteiger partial charge is 0.329 e. The summed E-state index contributed by atoms with van der Waals surface area (Å²) in [6, 6.07) is 0. The van der Waals surface area contributed by atoms with Crippen LogP contribution >= 0.6 is 23.2 Å². The number of carbonyl (C=O) groups excluding carboxylic acids is 2. The van der Waals surface area contributed by atoms with Crippen LogP contribution in [-0.4, -0.2) is 46.7 Å². The van der Waals surface area contributed by atoms with Crippen LogP contribution in [0.1, 0.15) is 40.5 Å². The Labute approximate surface area is 144 Å². The van der Waals surface area contributed by atoms with Crippen molar-refractivity contribution in [1.82, 2.24) is 9.80 Å². The number of nitrogens with zero attached hydrogens (tertiary/aromatic N) is 2. The Balaban J connectivity index is 0.000000224.